The van der Waals surface area contributed by atoms with Gasteiger partial charge in [-0.05, 0) is 47.7 Å². The number of nitrogens with one attached hydrogen (secondary N) is 2. The van der Waals surface area contributed by atoms with E-state index in [4.69, 9.17) is 4.52 Å². The molecule has 0 saturated heterocycles. The van der Waals surface area contributed by atoms with Gasteiger partial charge in [-0.25, -0.2) is 4.79 Å². The summed E-state index contributed by atoms with van der Waals surface area (Å²) in [6, 6.07) is 13.1. The fourth-order valence-electron chi connectivity index (χ4n) is 2.34. The van der Waals surface area contributed by atoms with E-state index in [2.05, 4.69) is 20.8 Å². The Morgan fingerprint density at radius 3 is 2.36 bits per heavy atom. The summed E-state index contributed by atoms with van der Waals surface area (Å²) in [5, 5.41) is 9.31. The number of anilines is 2. The van der Waals surface area contributed by atoms with Gasteiger partial charge in [0.1, 0.15) is 0 Å². The average Bonchev–Trinajstić information content (AvgIpc) is 3.06. The highest BCUT2D eigenvalue weighted by Crippen LogP contribution is 2.18. The first kappa shape index (κ1) is 16.7. The van der Waals surface area contributed by atoms with Crippen molar-refractivity contribution in [2.45, 2.75) is 26.2 Å². The smallest absolute Gasteiger partial charge is 0.326 e. The molecule has 0 aliphatic carbocycles. The van der Waals surface area contributed by atoms with Gasteiger partial charge in [-0.1, -0.05) is 31.1 Å². The van der Waals surface area contributed by atoms with Gasteiger partial charge in [-0.15, -0.1) is 0 Å². The SMILES string of the molecule is CC(C)c1cc(NC(=O)Nc2ccc(Cc3ccncc3)cc2)on1. The van der Waals surface area contributed by atoms with Gasteiger partial charge in [0.05, 0.1) is 5.69 Å². The second-order valence-electron chi connectivity index (χ2n) is 6.08. The standard InChI is InChI=1S/C19H20N4O2/c1-13(2)17-12-18(25-23-17)22-19(24)21-16-5-3-14(4-6-16)11-15-7-9-20-10-8-15/h3-10,12-13H,11H2,1-2H3,(H2,21,22,24). The number of rotatable bonds is 5. The zero-order chi connectivity index (χ0) is 17.6. The fourth-order valence-corrected chi connectivity index (χ4v) is 2.34. The Labute approximate surface area is 146 Å². The second-order valence-corrected chi connectivity index (χ2v) is 6.08. The summed E-state index contributed by atoms with van der Waals surface area (Å²) in [5.41, 5.74) is 3.86. The second kappa shape index (κ2) is 7.61. The van der Waals surface area contributed by atoms with Crippen molar-refractivity contribution in [3.63, 3.8) is 0 Å². The van der Waals surface area contributed by atoms with E-state index in [1.807, 2.05) is 50.2 Å². The summed E-state index contributed by atoms with van der Waals surface area (Å²) >= 11 is 0. The van der Waals surface area contributed by atoms with Crippen LogP contribution in [-0.4, -0.2) is 16.2 Å². The van der Waals surface area contributed by atoms with E-state index < -0.39 is 0 Å². The van der Waals surface area contributed by atoms with E-state index in [0.717, 1.165) is 17.7 Å². The molecule has 6 heteroatoms. The fraction of sp³-hybridized carbons (Fsp3) is 0.211. The van der Waals surface area contributed by atoms with Crippen molar-refractivity contribution in [1.29, 1.82) is 0 Å². The molecular formula is C19H20N4O2. The number of carbonyl (C=O) groups excluding carboxylic acids is 1. The number of aromatic nitrogens is 2. The summed E-state index contributed by atoms with van der Waals surface area (Å²) < 4.78 is 5.09. The monoisotopic (exact) mass is 336 g/mol. The van der Waals surface area contributed by atoms with Gasteiger partial charge >= 0.3 is 6.03 Å². The Hall–Kier alpha value is -3.15. The van der Waals surface area contributed by atoms with Crippen LogP contribution in [0.2, 0.25) is 0 Å². The van der Waals surface area contributed by atoms with Gasteiger partial charge in [-0.2, -0.15) is 0 Å². The maximum Gasteiger partial charge on any atom is 0.326 e. The van der Waals surface area contributed by atoms with Gasteiger partial charge in [0.2, 0.25) is 5.88 Å². The molecule has 2 N–H and O–H groups in total. The maximum absolute atomic E-state index is 12.0. The molecule has 0 unspecified atom stereocenters. The Balaban J connectivity index is 1.56. The Morgan fingerprint density at radius 2 is 1.72 bits per heavy atom. The van der Waals surface area contributed by atoms with Crippen LogP contribution >= 0.6 is 0 Å². The van der Waals surface area contributed by atoms with E-state index in [9.17, 15) is 4.79 Å². The predicted molar refractivity (Wildman–Crippen MR) is 96.7 cm³/mol. The first-order valence-corrected chi connectivity index (χ1v) is 8.12. The van der Waals surface area contributed by atoms with Crippen LogP contribution < -0.4 is 10.6 Å². The molecule has 25 heavy (non-hydrogen) atoms. The van der Waals surface area contributed by atoms with Crippen molar-refractivity contribution < 1.29 is 9.32 Å². The van der Waals surface area contributed by atoms with Crippen LogP contribution in [0.4, 0.5) is 16.4 Å². The van der Waals surface area contributed by atoms with Crippen molar-refractivity contribution >= 4 is 17.6 Å². The van der Waals surface area contributed by atoms with Crippen LogP contribution in [0, 0.1) is 0 Å². The number of pyridine rings is 1. The third-order valence-electron chi connectivity index (χ3n) is 3.73. The molecule has 2 heterocycles. The molecule has 1 aromatic carbocycles. The van der Waals surface area contributed by atoms with Crippen LogP contribution in [0.1, 0.15) is 36.6 Å². The summed E-state index contributed by atoms with van der Waals surface area (Å²) in [5.74, 6) is 0.575. The summed E-state index contributed by atoms with van der Waals surface area (Å²) in [6.07, 6.45) is 4.39. The van der Waals surface area contributed by atoms with Crippen LogP contribution in [0.25, 0.3) is 0 Å². The van der Waals surface area contributed by atoms with Crippen molar-refractivity contribution in [2.75, 3.05) is 10.6 Å². The van der Waals surface area contributed by atoms with Gasteiger partial charge in [0.15, 0.2) is 0 Å². The number of carbonyl (C=O) groups is 1. The third-order valence-corrected chi connectivity index (χ3v) is 3.73. The largest absolute Gasteiger partial charge is 0.338 e. The number of benzene rings is 1. The van der Waals surface area contributed by atoms with Crippen molar-refractivity contribution in [1.82, 2.24) is 10.1 Å². The van der Waals surface area contributed by atoms with Gasteiger partial charge in [-0.3, -0.25) is 10.3 Å². The number of urea groups is 1. The number of nitrogens with zero attached hydrogens (tertiary/aromatic N) is 2. The number of hydrogen-bond donors (Lipinski definition) is 2. The van der Waals surface area contributed by atoms with Gasteiger partial charge < -0.3 is 9.84 Å². The van der Waals surface area contributed by atoms with Crippen molar-refractivity contribution in [3.05, 3.63) is 71.7 Å². The molecule has 2 aromatic heterocycles. The van der Waals surface area contributed by atoms with Crippen LogP contribution in [0.15, 0.2) is 59.4 Å². The Kier molecular flexibility index (Phi) is 5.09. The molecule has 0 aliphatic rings. The van der Waals surface area contributed by atoms with Crippen LogP contribution in [-0.2, 0) is 6.42 Å². The summed E-state index contributed by atoms with van der Waals surface area (Å²) in [4.78, 5) is 16.0. The molecule has 0 bridgehead atoms. The van der Waals surface area contributed by atoms with Crippen molar-refractivity contribution in [2.24, 2.45) is 0 Å². The highest BCUT2D eigenvalue weighted by molar-refractivity contribution is 5.98. The number of amides is 2. The molecule has 6 nitrogen and oxygen atoms in total. The zero-order valence-electron chi connectivity index (χ0n) is 14.2. The normalized spacial score (nSPS) is 10.7. The third kappa shape index (κ3) is 4.67. The Morgan fingerprint density at radius 1 is 1.04 bits per heavy atom. The molecule has 128 valence electrons. The highest BCUT2D eigenvalue weighted by Gasteiger charge is 2.10. The maximum atomic E-state index is 12.0. The molecule has 0 radical (unpaired) electrons. The lowest BCUT2D eigenvalue weighted by atomic mass is 10.1. The predicted octanol–water partition coefficient (Wildman–Crippen LogP) is 4.43. The van der Waals surface area contributed by atoms with E-state index in [1.54, 1.807) is 18.5 Å². The van der Waals surface area contributed by atoms with E-state index >= 15 is 0 Å². The van der Waals surface area contributed by atoms with E-state index in [-0.39, 0.29) is 11.9 Å². The molecule has 0 spiro atoms. The molecule has 3 rings (SSSR count). The minimum atomic E-state index is -0.367. The molecule has 3 aromatic rings. The van der Waals surface area contributed by atoms with E-state index in [0.29, 0.717) is 11.6 Å². The highest BCUT2D eigenvalue weighted by atomic mass is 16.5. The Bertz CT molecular complexity index is 826. The lowest BCUT2D eigenvalue weighted by Gasteiger charge is -2.07. The summed E-state index contributed by atoms with van der Waals surface area (Å²) in [6.45, 7) is 4.02. The van der Waals surface area contributed by atoms with Gasteiger partial charge in [0.25, 0.3) is 0 Å². The molecule has 0 fully saturated rings. The molecular weight excluding hydrogens is 316 g/mol. The molecule has 0 atom stereocenters. The minimum Gasteiger partial charge on any atom is -0.338 e. The first-order valence-electron chi connectivity index (χ1n) is 8.12. The average molecular weight is 336 g/mol. The van der Waals surface area contributed by atoms with Crippen LogP contribution in [0.3, 0.4) is 0 Å². The molecule has 0 saturated carbocycles. The topological polar surface area (TPSA) is 80.0 Å². The first-order chi connectivity index (χ1) is 12.1. The molecule has 2 amide bonds. The van der Waals surface area contributed by atoms with Crippen molar-refractivity contribution in [3.8, 4) is 0 Å². The zero-order valence-corrected chi connectivity index (χ0v) is 14.2. The van der Waals surface area contributed by atoms with Crippen LogP contribution in [0.5, 0.6) is 0 Å². The number of hydrogen-bond acceptors (Lipinski definition) is 4. The summed E-state index contributed by atoms with van der Waals surface area (Å²) in [7, 11) is 0. The van der Waals surface area contributed by atoms with Gasteiger partial charge in [0, 0.05) is 24.1 Å². The lowest BCUT2D eigenvalue weighted by molar-refractivity contribution is 0.261. The van der Waals surface area contributed by atoms with E-state index in [1.165, 1.54) is 5.56 Å². The quantitative estimate of drug-likeness (QED) is 0.722. The lowest BCUT2D eigenvalue weighted by Crippen LogP contribution is -2.19. The molecule has 0 aliphatic heterocycles. The minimum absolute atomic E-state index is 0.246.